The van der Waals surface area contributed by atoms with Gasteiger partial charge in [-0.25, -0.2) is 0 Å². The third-order valence-corrected chi connectivity index (χ3v) is 5.02. The van der Waals surface area contributed by atoms with Gasteiger partial charge in [0.25, 0.3) is 11.6 Å². The molecule has 0 aliphatic rings. The van der Waals surface area contributed by atoms with Crippen LogP contribution in [0.25, 0.3) is 6.08 Å². The first-order valence-electron chi connectivity index (χ1n) is 9.62. The molecular weight excluding hydrogens is 490 g/mol. The molecular formula is C24H18BrN3O5. The maximum atomic E-state index is 12.7. The first kappa shape index (κ1) is 23.5. The quantitative estimate of drug-likeness (QED) is 0.186. The molecule has 1 N–H and O–H groups in total. The number of nitriles is 1. The normalized spacial score (nSPS) is 10.8. The number of benzene rings is 3. The zero-order chi connectivity index (χ0) is 23.8. The zero-order valence-electron chi connectivity index (χ0n) is 17.4. The second-order valence-electron chi connectivity index (χ2n) is 6.75. The van der Waals surface area contributed by atoms with Crippen LogP contribution in [0, 0.1) is 21.4 Å². The number of halogens is 1. The Labute approximate surface area is 198 Å². The second kappa shape index (κ2) is 10.9. The fourth-order valence-corrected chi connectivity index (χ4v) is 3.12. The van der Waals surface area contributed by atoms with Crippen molar-refractivity contribution in [1.82, 2.24) is 0 Å². The van der Waals surface area contributed by atoms with E-state index in [1.54, 1.807) is 24.3 Å². The second-order valence-corrected chi connectivity index (χ2v) is 7.67. The molecule has 0 aromatic heterocycles. The Morgan fingerprint density at radius 3 is 2.61 bits per heavy atom. The Hall–Kier alpha value is -4.16. The SMILES string of the molecule is COc1ccc([N+](=O)[O-])cc1NC(=O)/C(C#N)=C/c1cccc(OCc2ccc(Br)cc2)c1. The summed E-state index contributed by atoms with van der Waals surface area (Å²) in [4.78, 5) is 23.1. The lowest BCUT2D eigenvalue weighted by atomic mass is 10.1. The average molecular weight is 508 g/mol. The number of nitro groups is 1. The number of methoxy groups -OCH3 is 1. The van der Waals surface area contributed by atoms with Crippen LogP contribution in [0.1, 0.15) is 11.1 Å². The zero-order valence-corrected chi connectivity index (χ0v) is 19.0. The highest BCUT2D eigenvalue weighted by atomic mass is 79.9. The van der Waals surface area contributed by atoms with Crippen LogP contribution >= 0.6 is 15.9 Å². The number of amides is 1. The van der Waals surface area contributed by atoms with Crippen LogP contribution in [0.5, 0.6) is 11.5 Å². The van der Waals surface area contributed by atoms with Gasteiger partial charge in [-0.1, -0.05) is 40.2 Å². The number of anilines is 1. The summed E-state index contributed by atoms with van der Waals surface area (Å²) in [7, 11) is 1.37. The van der Waals surface area contributed by atoms with Gasteiger partial charge in [-0.05, 0) is 47.5 Å². The minimum atomic E-state index is -0.725. The number of rotatable bonds is 8. The van der Waals surface area contributed by atoms with Gasteiger partial charge in [0.2, 0.25) is 0 Å². The number of ether oxygens (including phenoxy) is 2. The molecule has 0 aliphatic heterocycles. The minimum absolute atomic E-state index is 0.0874. The molecule has 1 amide bonds. The van der Waals surface area contributed by atoms with Crippen LogP contribution in [-0.4, -0.2) is 17.9 Å². The van der Waals surface area contributed by atoms with E-state index in [0.29, 0.717) is 17.9 Å². The number of hydrogen-bond donors (Lipinski definition) is 1. The van der Waals surface area contributed by atoms with Crippen LogP contribution in [0.15, 0.2) is 76.8 Å². The Bertz CT molecular complexity index is 1250. The van der Waals surface area contributed by atoms with E-state index in [1.165, 1.54) is 31.4 Å². The average Bonchev–Trinajstić information content (AvgIpc) is 2.82. The highest BCUT2D eigenvalue weighted by Gasteiger charge is 2.16. The molecule has 9 heteroatoms. The Morgan fingerprint density at radius 2 is 1.94 bits per heavy atom. The van der Waals surface area contributed by atoms with E-state index < -0.39 is 10.8 Å². The molecule has 0 heterocycles. The summed E-state index contributed by atoms with van der Waals surface area (Å²) >= 11 is 3.39. The van der Waals surface area contributed by atoms with E-state index in [9.17, 15) is 20.2 Å². The van der Waals surface area contributed by atoms with E-state index in [-0.39, 0.29) is 22.7 Å². The Kier molecular flexibility index (Phi) is 7.78. The summed E-state index contributed by atoms with van der Waals surface area (Å²) in [6.45, 7) is 0.360. The number of carbonyl (C=O) groups is 1. The van der Waals surface area contributed by atoms with Crippen molar-refractivity contribution in [3.05, 3.63) is 98.0 Å². The van der Waals surface area contributed by atoms with Crippen molar-refractivity contribution in [2.75, 3.05) is 12.4 Å². The fourth-order valence-electron chi connectivity index (χ4n) is 2.85. The van der Waals surface area contributed by atoms with E-state index in [0.717, 1.165) is 10.0 Å². The molecule has 0 atom stereocenters. The maximum Gasteiger partial charge on any atom is 0.271 e. The topological polar surface area (TPSA) is 114 Å². The van der Waals surface area contributed by atoms with Gasteiger partial charge in [0.15, 0.2) is 0 Å². The van der Waals surface area contributed by atoms with Crippen LogP contribution in [-0.2, 0) is 11.4 Å². The van der Waals surface area contributed by atoms with Crippen LogP contribution in [0.3, 0.4) is 0 Å². The number of nitrogens with zero attached hydrogens (tertiary/aromatic N) is 2. The van der Waals surface area contributed by atoms with E-state index in [1.807, 2.05) is 30.3 Å². The standard InChI is InChI=1S/C24H18BrN3O5/c1-32-23-10-9-20(28(30)31)13-22(23)27-24(29)18(14-26)11-17-3-2-4-21(12-17)33-15-16-5-7-19(25)8-6-16/h2-13H,15H2,1H3,(H,27,29)/b18-11+. The Balaban J connectivity index is 1.76. The molecule has 3 aromatic rings. The molecule has 0 bridgehead atoms. The largest absolute Gasteiger partial charge is 0.495 e. The summed E-state index contributed by atoms with van der Waals surface area (Å²) in [6, 6.07) is 20.3. The summed E-state index contributed by atoms with van der Waals surface area (Å²) in [5.74, 6) is 0.0804. The third-order valence-electron chi connectivity index (χ3n) is 4.50. The molecule has 0 unspecified atom stereocenters. The van der Waals surface area contributed by atoms with Gasteiger partial charge in [-0.3, -0.25) is 14.9 Å². The summed E-state index contributed by atoms with van der Waals surface area (Å²) < 4.78 is 11.9. The molecule has 8 nitrogen and oxygen atoms in total. The number of nitro benzene ring substituents is 1. The molecule has 3 rings (SSSR count). The van der Waals surface area contributed by atoms with Crippen molar-refractivity contribution in [2.45, 2.75) is 6.61 Å². The number of hydrogen-bond acceptors (Lipinski definition) is 6. The van der Waals surface area contributed by atoms with Crippen LogP contribution < -0.4 is 14.8 Å². The molecule has 0 fully saturated rings. The molecule has 3 aromatic carbocycles. The summed E-state index contributed by atoms with van der Waals surface area (Å²) in [5, 5.41) is 23.0. The van der Waals surface area contributed by atoms with Gasteiger partial charge in [-0.2, -0.15) is 5.26 Å². The molecule has 0 saturated carbocycles. The number of non-ortho nitro benzene ring substituents is 1. The van der Waals surface area contributed by atoms with Gasteiger partial charge in [-0.15, -0.1) is 0 Å². The molecule has 0 aliphatic carbocycles. The van der Waals surface area contributed by atoms with E-state index in [2.05, 4.69) is 21.2 Å². The lowest BCUT2D eigenvalue weighted by Crippen LogP contribution is -2.14. The molecule has 0 saturated heterocycles. The smallest absolute Gasteiger partial charge is 0.271 e. The predicted octanol–water partition coefficient (Wildman–Crippen LogP) is 5.49. The maximum absolute atomic E-state index is 12.7. The third kappa shape index (κ3) is 6.41. The first-order chi connectivity index (χ1) is 15.9. The first-order valence-corrected chi connectivity index (χ1v) is 10.4. The monoisotopic (exact) mass is 507 g/mol. The van der Waals surface area contributed by atoms with Gasteiger partial charge in [0.1, 0.15) is 29.7 Å². The summed E-state index contributed by atoms with van der Waals surface area (Å²) in [5.41, 5.74) is 1.26. The summed E-state index contributed by atoms with van der Waals surface area (Å²) in [6.07, 6.45) is 1.41. The van der Waals surface area contributed by atoms with E-state index >= 15 is 0 Å². The van der Waals surface area contributed by atoms with Gasteiger partial charge in [0.05, 0.1) is 17.7 Å². The molecule has 0 radical (unpaired) electrons. The van der Waals surface area contributed by atoms with Gasteiger partial charge < -0.3 is 14.8 Å². The highest BCUT2D eigenvalue weighted by molar-refractivity contribution is 9.10. The fraction of sp³-hybridized carbons (Fsp3) is 0.0833. The number of nitrogens with one attached hydrogen (secondary N) is 1. The van der Waals surface area contributed by atoms with Crippen LogP contribution in [0.2, 0.25) is 0 Å². The van der Waals surface area contributed by atoms with Crippen molar-refractivity contribution in [3.63, 3.8) is 0 Å². The molecule has 0 spiro atoms. The molecule has 166 valence electrons. The van der Waals surface area contributed by atoms with Gasteiger partial charge >= 0.3 is 0 Å². The highest BCUT2D eigenvalue weighted by Crippen LogP contribution is 2.29. The van der Waals surface area contributed by atoms with Crippen molar-refractivity contribution in [2.24, 2.45) is 0 Å². The minimum Gasteiger partial charge on any atom is -0.495 e. The number of carbonyl (C=O) groups excluding carboxylic acids is 1. The predicted molar refractivity (Wildman–Crippen MR) is 127 cm³/mol. The van der Waals surface area contributed by atoms with Gasteiger partial charge in [0, 0.05) is 16.6 Å². The van der Waals surface area contributed by atoms with E-state index in [4.69, 9.17) is 9.47 Å². The van der Waals surface area contributed by atoms with Crippen molar-refractivity contribution >= 4 is 39.3 Å². The van der Waals surface area contributed by atoms with Crippen molar-refractivity contribution in [1.29, 1.82) is 5.26 Å². The lowest BCUT2D eigenvalue weighted by molar-refractivity contribution is -0.384. The lowest BCUT2D eigenvalue weighted by Gasteiger charge is -2.10. The van der Waals surface area contributed by atoms with Crippen molar-refractivity contribution < 1.29 is 19.2 Å². The van der Waals surface area contributed by atoms with Crippen LogP contribution in [0.4, 0.5) is 11.4 Å². The Morgan fingerprint density at radius 1 is 1.18 bits per heavy atom. The van der Waals surface area contributed by atoms with Crippen molar-refractivity contribution in [3.8, 4) is 17.6 Å². The molecule has 33 heavy (non-hydrogen) atoms.